The van der Waals surface area contributed by atoms with Crippen LogP contribution in [-0.4, -0.2) is 58.2 Å². The fourth-order valence-electron chi connectivity index (χ4n) is 3.24. The number of carbonyl (C=O) groups excluding carboxylic acids is 1. The van der Waals surface area contributed by atoms with Crippen LogP contribution in [0, 0.1) is 0 Å². The Kier molecular flexibility index (Phi) is 7.99. The summed E-state index contributed by atoms with van der Waals surface area (Å²) in [6, 6.07) is 0.480. The third-order valence-electron chi connectivity index (χ3n) is 4.76. The first kappa shape index (κ1) is 25.6. The maximum Gasteiger partial charge on any atom is 0.247 e. The molecule has 0 fully saturated rings. The lowest BCUT2D eigenvalue weighted by atomic mass is 10.4. The lowest BCUT2D eigenvalue weighted by Crippen LogP contribution is -2.11. The number of fused-ring (bicyclic) bond motifs is 2. The normalized spacial score (nSPS) is 11.1. The number of nitrogens with two attached hydrogens (primary N) is 1. The number of nitrogens with one attached hydrogen (secondary N) is 1. The zero-order chi connectivity index (χ0) is 25.7. The minimum Gasteiger partial charge on any atom is -0.476 e. The first-order chi connectivity index (χ1) is 16.7. The zero-order valence-electron chi connectivity index (χ0n) is 21.1. The molecule has 0 saturated carbocycles. The van der Waals surface area contributed by atoms with Gasteiger partial charge in [-0.25, -0.2) is 9.97 Å². The molecule has 4 aromatic heterocycles. The van der Waals surface area contributed by atoms with Crippen molar-refractivity contribution in [3.05, 3.63) is 12.7 Å². The molecule has 0 bridgehead atoms. The Hall–Kier alpha value is -4.03. The van der Waals surface area contributed by atoms with E-state index in [9.17, 15) is 4.79 Å². The van der Waals surface area contributed by atoms with Crippen LogP contribution in [0.2, 0.25) is 0 Å². The second-order valence-electron chi connectivity index (χ2n) is 8.12. The number of anilines is 2. The molecular formula is C22H32N10O3. The van der Waals surface area contributed by atoms with Crippen LogP contribution >= 0.6 is 0 Å². The van der Waals surface area contributed by atoms with Gasteiger partial charge in [-0.1, -0.05) is 0 Å². The zero-order valence-corrected chi connectivity index (χ0v) is 21.1. The highest BCUT2D eigenvalue weighted by Gasteiger charge is 2.16. The molecule has 0 aromatic carbocycles. The number of amides is 1. The average molecular weight is 485 g/mol. The van der Waals surface area contributed by atoms with Crippen molar-refractivity contribution in [2.45, 2.75) is 60.5 Å². The van der Waals surface area contributed by atoms with Crippen molar-refractivity contribution in [1.29, 1.82) is 0 Å². The van der Waals surface area contributed by atoms with E-state index in [1.165, 1.54) is 6.92 Å². The highest BCUT2D eigenvalue weighted by atomic mass is 16.5. The van der Waals surface area contributed by atoms with E-state index >= 15 is 0 Å². The van der Waals surface area contributed by atoms with E-state index in [1.807, 2.05) is 36.8 Å². The van der Waals surface area contributed by atoms with Gasteiger partial charge in [-0.2, -0.15) is 19.9 Å². The standard InChI is InChI=1S/C12H17N5O2.C10H15N5O/c1-5-19-11-9-10(17(6-13-9)7(2)3)15-12(16-11)14-8(4)18;1-4-16-9-7-8(13-10(11)14-9)15(5-12-7)6(2)3/h6-7H,5H2,1-4H3,(H,14,15,16,18);5-6H,4H2,1-3H3,(H2,11,13,14). The summed E-state index contributed by atoms with van der Waals surface area (Å²) in [6.45, 7) is 14.3. The lowest BCUT2D eigenvalue weighted by molar-refractivity contribution is -0.114. The van der Waals surface area contributed by atoms with E-state index in [-0.39, 0.29) is 29.9 Å². The molecule has 188 valence electrons. The van der Waals surface area contributed by atoms with Crippen molar-refractivity contribution in [1.82, 2.24) is 39.0 Å². The van der Waals surface area contributed by atoms with Crippen LogP contribution in [0.1, 0.15) is 60.5 Å². The molecule has 3 N–H and O–H groups in total. The first-order valence-electron chi connectivity index (χ1n) is 11.4. The van der Waals surface area contributed by atoms with E-state index in [1.54, 1.807) is 12.7 Å². The van der Waals surface area contributed by atoms with Crippen LogP contribution in [0.3, 0.4) is 0 Å². The monoisotopic (exact) mass is 484 g/mol. The number of hydrogen-bond acceptors (Lipinski definition) is 10. The number of nitrogen functional groups attached to an aromatic ring is 1. The van der Waals surface area contributed by atoms with Crippen molar-refractivity contribution < 1.29 is 14.3 Å². The van der Waals surface area contributed by atoms with Gasteiger partial charge in [-0.15, -0.1) is 0 Å². The van der Waals surface area contributed by atoms with Crippen molar-refractivity contribution in [2.75, 3.05) is 24.3 Å². The van der Waals surface area contributed by atoms with Gasteiger partial charge in [0.2, 0.25) is 29.6 Å². The summed E-state index contributed by atoms with van der Waals surface area (Å²) in [5.74, 6) is 1.04. The number of ether oxygens (including phenoxy) is 2. The molecular weight excluding hydrogens is 452 g/mol. The predicted octanol–water partition coefficient (Wildman–Crippen LogP) is 3.15. The first-order valence-corrected chi connectivity index (χ1v) is 11.4. The molecule has 4 rings (SSSR count). The summed E-state index contributed by atoms with van der Waals surface area (Å²) in [7, 11) is 0. The summed E-state index contributed by atoms with van der Waals surface area (Å²) in [6.07, 6.45) is 3.43. The van der Waals surface area contributed by atoms with Gasteiger partial charge in [0.1, 0.15) is 0 Å². The van der Waals surface area contributed by atoms with Crippen LogP contribution in [0.4, 0.5) is 11.9 Å². The summed E-state index contributed by atoms with van der Waals surface area (Å²) < 4.78 is 14.7. The lowest BCUT2D eigenvalue weighted by Gasteiger charge is -2.09. The minimum absolute atomic E-state index is 0.207. The molecule has 4 heterocycles. The Morgan fingerprint density at radius 2 is 1.37 bits per heavy atom. The Morgan fingerprint density at radius 3 is 1.83 bits per heavy atom. The molecule has 13 nitrogen and oxygen atoms in total. The Balaban J connectivity index is 0.000000198. The third kappa shape index (κ3) is 5.73. The third-order valence-corrected chi connectivity index (χ3v) is 4.76. The van der Waals surface area contributed by atoms with Crippen molar-refractivity contribution in [3.63, 3.8) is 0 Å². The quantitative estimate of drug-likeness (QED) is 0.398. The molecule has 13 heteroatoms. The largest absolute Gasteiger partial charge is 0.476 e. The van der Waals surface area contributed by atoms with Gasteiger partial charge in [-0.3, -0.25) is 10.1 Å². The van der Waals surface area contributed by atoms with Crippen molar-refractivity contribution >= 4 is 40.1 Å². The number of rotatable bonds is 7. The van der Waals surface area contributed by atoms with E-state index in [4.69, 9.17) is 15.2 Å². The van der Waals surface area contributed by atoms with Crippen LogP contribution in [0.25, 0.3) is 22.3 Å². The highest BCUT2D eigenvalue weighted by Crippen LogP contribution is 2.25. The number of imidazole rings is 2. The van der Waals surface area contributed by atoms with Gasteiger partial charge in [0.25, 0.3) is 0 Å². The van der Waals surface area contributed by atoms with Gasteiger partial charge in [0, 0.05) is 19.0 Å². The molecule has 0 atom stereocenters. The number of aromatic nitrogens is 8. The number of nitrogens with zero attached hydrogens (tertiary/aromatic N) is 8. The molecule has 0 saturated heterocycles. The topological polar surface area (TPSA) is 161 Å². The van der Waals surface area contributed by atoms with Gasteiger partial charge in [-0.05, 0) is 41.5 Å². The molecule has 4 aromatic rings. The van der Waals surface area contributed by atoms with E-state index in [2.05, 4.69) is 49.1 Å². The Bertz CT molecular complexity index is 1310. The van der Waals surface area contributed by atoms with Crippen molar-refractivity contribution in [3.8, 4) is 11.8 Å². The van der Waals surface area contributed by atoms with Crippen LogP contribution in [0.5, 0.6) is 11.8 Å². The maximum absolute atomic E-state index is 11.1. The highest BCUT2D eigenvalue weighted by molar-refractivity contribution is 5.88. The Morgan fingerprint density at radius 1 is 0.886 bits per heavy atom. The fraction of sp³-hybridized carbons (Fsp3) is 0.500. The Labute approximate surface area is 203 Å². The second kappa shape index (κ2) is 10.9. The number of hydrogen-bond donors (Lipinski definition) is 2. The summed E-state index contributed by atoms with van der Waals surface area (Å²) in [5, 5.41) is 2.57. The molecule has 0 unspecified atom stereocenters. The van der Waals surface area contributed by atoms with E-state index in [0.29, 0.717) is 47.3 Å². The fourth-order valence-corrected chi connectivity index (χ4v) is 3.24. The summed E-state index contributed by atoms with van der Waals surface area (Å²) in [4.78, 5) is 36.4. The summed E-state index contributed by atoms with van der Waals surface area (Å²) in [5.41, 5.74) is 8.26. The van der Waals surface area contributed by atoms with Gasteiger partial charge < -0.3 is 24.3 Å². The van der Waals surface area contributed by atoms with E-state index < -0.39 is 0 Å². The van der Waals surface area contributed by atoms with Crippen LogP contribution in [-0.2, 0) is 4.79 Å². The molecule has 0 radical (unpaired) electrons. The summed E-state index contributed by atoms with van der Waals surface area (Å²) >= 11 is 0. The molecule has 0 aliphatic carbocycles. The average Bonchev–Trinajstić information content (AvgIpc) is 3.39. The van der Waals surface area contributed by atoms with Gasteiger partial charge in [0.15, 0.2) is 22.3 Å². The predicted molar refractivity (Wildman–Crippen MR) is 132 cm³/mol. The van der Waals surface area contributed by atoms with Crippen LogP contribution in [0.15, 0.2) is 12.7 Å². The SMILES string of the molecule is CCOc1nc(N)nc2c1ncn2C(C)C.CCOc1nc(NC(C)=O)nc2c1ncn2C(C)C. The second-order valence-corrected chi connectivity index (χ2v) is 8.12. The number of carbonyl (C=O) groups is 1. The molecule has 0 aliphatic rings. The van der Waals surface area contributed by atoms with Gasteiger partial charge in [0.05, 0.1) is 25.9 Å². The smallest absolute Gasteiger partial charge is 0.247 e. The van der Waals surface area contributed by atoms with E-state index in [0.717, 1.165) is 0 Å². The van der Waals surface area contributed by atoms with Crippen molar-refractivity contribution in [2.24, 2.45) is 0 Å². The molecule has 1 amide bonds. The van der Waals surface area contributed by atoms with Crippen LogP contribution < -0.4 is 20.5 Å². The maximum atomic E-state index is 11.1. The minimum atomic E-state index is -0.225. The van der Waals surface area contributed by atoms with Gasteiger partial charge >= 0.3 is 0 Å². The molecule has 0 aliphatic heterocycles. The molecule has 35 heavy (non-hydrogen) atoms. The molecule has 0 spiro atoms.